The molecule has 3 rings (SSSR count). The molecule has 3 aromatic carbocycles. The van der Waals surface area contributed by atoms with Gasteiger partial charge >= 0.3 is 0 Å². The number of carbonyl (C=O) groups excluding carboxylic acids is 1. The second kappa shape index (κ2) is 8.61. The van der Waals surface area contributed by atoms with Gasteiger partial charge in [0.1, 0.15) is 5.03 Å². The molecule has 0 unspecified atom stereocenters. The van der Waals surface area contributed by atoms with E-state index >= 15 is 0 Å². The van der Waals surface area contributed by atoms with E-state index in [2.05, 4.69) is 5.32 Å². The summed E-state index contributed by atoms with van der Waals surface area (Å²) in [5.74, 6) is -0.529. The van der Waals surface area contributed by atoms with Crippen molar-refractivity contribution in [2.75, 3.05) is 0 Å². The van der Waals surface area contributed by atoms with Crippen molar-refractivity contribution in [3.05, 3.63) is 105 Å². The topological polar surface area (TPSA) is 63.2 Å². The third kappa shape index (κ3) is 4.81. The number of sulfone groups is 1. The molecule has 0 radical (unpaired) electrons. The molecule has 3 aromatic rings. The van der Waals surface area contributed by atoms with E-state index in [4.69, 9.17) is 23.2 Å². The van der Waals surface area contributed by atoms with Crippen molar-refractivity contribution in [2.45, 2.75) is 4.90 Å². The van der Waals surface area contributed by atoms with E-state index in [1.165, 1.54) is 30.3 Å². The van der Waals surface area contributed by atoms with Crippen molar-refractivity contribution in [3.63, 3.8) is 0 Å². The fourth-order valence-corrected chi connectivity index (χ4v) is 3.92. The molecule has 28 heavy (non-hydrogen) atoms. The Labute approximate surface area is 173 Å². The molecule has 0 heterocycles. The molecular weight excluding hydrogens is 417 g/mol. The van der Waals surface area contributed by atoms with Crippen molar-refractivity contribution in [1.29, 1.82) is 0 Å². The predicted molar refractivity (Wildman–Crippen MR) is 112 cm³/mol. The Morgan fingerprint density at radius 2 is 1.32 bits per heavy atom. The van der Waals surface area contributed by atoms with Crippen LogP contribution in [0.3, 0.4) is 0 Å². The van der Waals surface area contributed by atoms with Crippen molar-refractivity contribution in [1.82, 2.24) is 5.32 Å². The summed E-state index contributed by atoms with van der Waals surface area (Å²) in [7, 11) is -3.99. The number of amides is 1. The van der Waals surface area contributed by atoms with Crippen LogP contribution in [0.4, 0.5) is 0 Å². The van der Waals surface area contributed by atoms with Crippen LogP contribution in [0.15, 0.2) is 88.8 Å². The molecule has 0 aromatic heterocycles. The van der Waals surface area contributed by atoms with Crippen LogP contribution in [0.2, 0.25) is 10.0 Å². The van der Waals surface area contributed by atoms with E-state index in [9.17, 15) is 13.2 Å². The molecule has 0 bridgehead atoms. The van der Waals surface area contributed by atoms with Crippen molar-refractivity contribution in [3.8, 4) is 0 Å². The smallest absolute Gasteiger partial charge is 0.256 e. The molecule has 7 heteroatoms. The van der Waals surface area contributed by atoms with Crippen LogP contribution in [-0.4, -0.2) is 14.3 Å². The van der Waals surface area contributed by atoms with Gasteiger partial charge in [-0.25, -0.2) is 8.42 Å². The molecule has 0 saturated carbocycles. The fourth-order valence-electron chi connectivity index (χ4n) is 2.41. The minimum atomic E-state index is -3.99. The molecule has 142 valence electrons. The number of halogens is 2. The van der Waals surface area contributed by atoms with Gasteiger partial charge in [0.05, 0.1) is 4.90 Å². The van der Waals surface area contributed by atoms with Crippen LogP contribution in [-0.2, 0) is 9.84 Å². The molecule has 1 N–H and O–H groups in total. The first-order valence-electron chi connectivity index (χ1n) is 8.20. The van der Waals surface area contributed by atoms with Gasteiger partial charge < -0.3 is 5.32 Å². The lowest BCUT2D eigenvalue weighted by Crippen LogP contribution is -2.27. The minimum absolute atomic E-state index is 0.0190. The van der Waals surface area contributed by atoms with Crippen LogP contribution in [0.5, 0.6) is 0 Å². The maximum absolute atomic E-state index is 13.1. The maximum atomic E-state index is 13.1. The van der Waals surface area contributed by atoms with Gasteiger partial charge in [-0.1, -0.05) is 53.5 Å². The molecule has 0 spiro atoms. The second-order valence-electron chi connectivity index (χ2n) is 5.84. The summed E-state index contributed by atoms with van der Waals surface area (Å²) in [6.45, 7) is 0. The number of hydrogen-bond acceptors (Lipinski definition) is 3. The molecule has 4 nitrogen and oxygen atoms in total. The maximum Gasteiger partial charge on any atom is 0.256 e. The lowest BCUT2D eigenvalue weighted by atomic mass is 10.2. The summed E-state index contributed by atoms with van der Waals surface area (Å²) in [4.78, 5) is 12.6. The average Bonchev–Trinajstić information content (AvgIpc) is 2.70. The highest BCUT2D eigenvalue weighted by Gasteiger charge is 2.23. The van der Waals surface area contributed by atoms with E-state index < -0.39 is 15.7 Å². The first-order valence-corrected chi connectivity index (χ1v) is 10.4. The van der Waals surface area contributed by atoms with Gasteiger partial charge in [0.15, 0.2) is 0 Å². The lowest BCUT2D eigenvalue weighted by Gasteiger charge is -2.12. The zero-order chi connectivity index (χ0) is 20.1. The molecule has 0 aliphatic heterocycles. The van der Waals surface area contributed by atoms with Crippen LogP contribution in [0.1, 0.15) is 15.9 Å². The van der Waals surface area contributed by atoms with E-state index in [0.29, 0.717) is 21.2 Å². The molecule has 0 aliphatic rings. The Morgan fingerprint density at radius 1 is 0.786 bits per heavy atom. The average molecular weight is 432 g/mol. The largest absolute Gasteiger partial charge is 0.312 e. The molecule has 0 fully saturated rings. The van der Waals surface area contributed by atoms with Gasteiger partial charge in [0.25, 0.3) is 5.91 Å². The van der Waals surface area contributed by atoms with E-state index in [1.807, 2.05) is 0 Å². The zero-order valence-electron chi connectivity index (χ0n) is 14.5. The number of benzene rings is 3. The Bertz CT molecular complexity index is 1110. The summed E-state index contributed by atoms with van der Waals surface area (Å²) >= 11 is 11.8. The van der Waals surface area contributed by atoms with Crippen LogP contribution < -0.4 is 5.32 Å². The monoisotopic (exact) mass is 431 g/mol. The van der Waals surface area contributed by atoms with Crippen molar-refractivity contribution < 1.29 is 13.2 Å². The van der Waals surface area contributed by atoms with Crippen LogP contribution in [0.25, 0.3) is 6.08 Å². The number of nitrogens with one attached hydrogen (secondary N) is 1. The predicted octanol–water partition coefficient (Wildman–Crippen LogP) is 5.20. The first kappa shape index (κ1) is 20.1. The highest BCUT2D eigenvalue weighted by atomic mass is 35.5. The van der Waals surface area contributed by atoms with Gasteiger partial charge in [0.2, 0.25) is 9.84 Å². The van der Waals surface area contributed by atoms with Gasteiger partial charge in [-0.2, -0.15) is 0 Å². The van der Waals surface area contributed by atoms with E-state index in [0.717, 1.165) is 0 Å². The van der Waals surface area contributed by atoms with Crippen molar-refractivity contribution in [2.24, 2.45) is 0 Å². The number of rotatable bonds is 5. The number of carbonyl (C=O) groups is 1. The molecule has 0 saturated heterocycles. The number of hydrogen-bond donors (Lipinski definition) is 1. The molecule has 1 amide bonds. The standard InChI is InChI=1S/C21H15Cl2NO3S/c22-17-8-6-15(7-9-17)14-20(24-21(25)16-4-2-1-3-5-16)28(26,27)19-12-10-18(23)11-13-19/h1-14H,(H,24,25)/b20-14+. The molecular formula is C21H15Cl2NO3S. The van der Waals surface area contributed by atoms with E-state index in [1.54, 1.807) is 54.6 Å². The highest BCUT2D eigenvalue weighted by Crippen LogP contribution is 2.23. The molecule has 0 aliphatic carbocycles. The Balaban J connectivity index is 2.04. The minimum Gasteiger partial charge on any atom is -0.312 e. The third-order valence-electron chi connectivity index (χ3n) is 3.85. The summed E-state index contributed by atoms with van der Waals surface area (Å²) in [5.41, 5.74) is 0.918. The summed E-state index contributed by atoms with van der Waals surface area (Å²) in [5, 5.41) is 3.21. The summed E-state index contributed by atoms with van der Waals surface area (Å²) in [6, 6.07) is 20.7. The summed E-state index contributed by atoms with van der Waals surface area (Å²) in [6.07, 6.45) is 1.39. The Kier molecular flexibility index (Phi) is 6.19. The van der Waals surface area contributed by atoms with Crippen molar-refractivity contribution >= 4 is 45.0 Å². The van der Waals surface area contributed by atoms with Crippen LogP contribution >= 0.6 is 23.2 Å². The Morgan fingerprint density at radius 3 is 1.89 bits per heavy atom. The fraction of sp³-hybridized carbons (Fsp3) is 0. The van der Waals surface area contributed by atoms with E-state index in [-0.39, 0.29) is 9.92 Å². The molecule has 0 atom stereocenters. The summed E-state index contributed by atoms with van der Waals surface area (Å²) < 4.78 is 26.3. The van der Waals surface area contributed by atoms with Gasteiger partial charge in [-0.05, 0) is 60.2 Å². The zero-order valence-corrected chi connectivity index (χ0v) is 16.8. The third-order valence-corrected chi connectivity index (χ3v) is 6.05. The van der Waals surface area contributed by atoms with Gasteiger partial charge in [0, 0.05) is 15.6 Å². The quantitative estimate of drug-likeness (QED) is 0.603. The van der Waals surface area contributed by atoms with Gasteiger partial charge in [-0.3, -0.25) is 4.79 Å². The first-order chi connectivity index (χ1) is 13.4. The second-order valence-corrected chi connectivity index (χ2v) is 8.63. The van der Waals surface area contributed by atoms with Gasteiger partial charge in [-0.15, -0.1) is 0 Å². The SMILES string of the molecule is O=C(N/C(=C\c1ccc(Cl)cc1)S(=O)(=O)c1ccc(Cl)cc1)c1ccccc1. The highest BCUT2D eigenvalue weighted by molar-refractivity contribution is 7.95. The lowest BCUT2D eigenvalue weighted by molar-refractivity contribution is 0.0968. The van der Waals surface area contributed by atoms with Crippen LogP contribution in [0, 0.1) is 0 Å². The normalized spacial score (nSPS) is 11.9. The Hall–Kier alpha value is -2.60.